The van der Waals surface area contributed by atoms with Crippen LogP contribution in [0, 0.1) is 11.8 Å². The number of nitrogens with one attached hydrogen (secondary N) is 1. The Bertz CT molecular complexity index is 233. The molecule has 0 saturated carbocycles. The minimum absolute atomic E-state index is 0.727. The van der Waals surface area contributed by atoms with Gasteiger partial charge in [0.2, 0.25) is 0 Å². The van der Waals surface area contributed by atoms with E-state index in [1.807, 2.05) is 7.11 Å². The van der Waals surface area contributed by atoms with E-state index in [2.05, 4.69) is 17.1 Å². The molecule has 0 amide bonds. The zero-order valence-electron chi connectivity index (χ0n) is 12.2. The summed E-state index contributed by atoms with van der Waals surface area (Å²) < 4.78 is 5.31. The van der Waals surface area contributed by atoms with Crippen molar-refractivity contribution in [2.45, 2.75) is 45.1 Å². The largest absolute Gasteiger partial charge is 0.384 e. The lowest BCUT2D eigenvalue weighted by Crippen LogP contribution is -2.48. The minimum atomic E-state index is 0.727. The summed E-state index contributed by atoms with van der Waals surface area (Å²) in [6.45, 7) is 8.27. The van der Waals surface area contributed by atoms with Crippen molar-refractivity contribution in [3.8, 4) is 0 Å². The van der Waals surface area contributed by atoms with E-state index in [0.717, 1.165) is 24.5 Å². The van der Waals surface area contributed by atoms with Gasteiger partial charge in [0.15, 0.2) is 0 Å². The Morgan fingerprint density at radius 2 is 2.17 bits per heavy atom. The maximum absolute atomic E-state index is 5.31. The highest BCUT2D eigenvalue weighted by atomic mass is 16.5. The normalized spacial score (nSPS) is 34.7. The number of ether oxygens (including phenoxy) is 1. The molecule has 2 heterocycles. The average Bonchev–Trinajstić information content (AvgIpc) is 2.40. The van der Waals surface area contributed by atoms with Crippen molar-refractivity contribution in [3.63, 3.8) is 0 Å². The molecule has 106 valence electrons. The van der Waals surface area contributed by atoms with Gasteiger partial charge in [-0.25, -0.2) is 0 Å². The van der Waals surface area contributed by atoms with Gasteiger partial charge in [-0.2, -0.15) is 0 Å². The molecule has 3 nitrogen and oxygen atoms in total. The van der Waals surface area contributed by atoms with E-state index in [-0.39, 0.29) is 0 Å². The lowest BCUT2D eigenvalue weighted by molar-refractivity contribution is 0.0813. The molecule has 2 saturated heterocycles. The van der Waals surface area contributed by atoms with Crippen LogP contribution in [0.2, 0.25) is 0 Å². The SMILES string of the molecule is CCC1CCNC(CN2CCCC(COC)C2)C1. The Morgan fingerprint density at radius 3 is 2.94 bits per heavy atom. The summed E-state index contributed by atoms with van der Waals surface area (Å²) in [7, 11) is 1.83. The van der Waals surface area contributed by atoms with Crippen molar-refractivity contribution >= 4 is 0 Å². The van der Waals surface area contributed by atoms with Crippen LogP contribution in [-0.2, 0) is 4.74 Å². The summed E-state index contributed by atoms with van der Waals surface area (Å²) in [4.78, 5) is 2.66. The molecule has 0 aromatic carbocycles. The van der Waals surface area contributed by atoms with Crippen LogP contribution in [0.4, 0.5) is 0 Å². The van der Waals surface area contributed by atoms with Gasteiger partial charge in [0, 0.05) is 26.2 Å². The van der Waals surface area contributed by atoms with Gasteiger partial charge in [0.05, 0.1) is 6.61 Å². The maximum atomic E-state index is 5.31. The number of nitrogens with zero attached hydrogens (tertiary/aromatic N) is 1. The molecule has 0 aromatic heterocycles. The van der Waals surface area contributed by atoms with Crippen LogP contribution in [0.15, 0.2) is 0 Å². The van der Waals surface area contributed by atoms with Gasteiger partial charge < -0.3 is 15.0 Å². The molecule has 1 N–H and O–H groups in total. The molecule has 3 unspecified atom stereocenters. The fourth-order valence-corrected chi connectivity index (χ4v) is 3.61. The third-order valence-corrected chi connectivity index (χ3v) is 4.66. The van der Waals surface area contributed by atoms with Crippen molar-refractivity contribution in [3.05, 3.63) is 0 Å². The van der Waals surface area contributed by atoms with Crippen molar-refractivity contribution in [1.29, 1.82) is 0 Å². The topological polar surface area (TPSA) is 24.5 Å². The zero-order valence-corrected chi connectivity index (χ0v) is 12.2. The second-order valence-corrected chi connectivity index (χ2v) is 6.17. The quantitative estimate of drug-likeness (QED) is 0.813. The van der Waals surface area contributed by atoms with Crippen LogP contribution < -0.4 is 5.32 Å². The first kappa shape index (κ1) is 14.3. The number of rotatable bonds is 5. The second kappa shape index (κ2) is 7.46. The predicted octanol–water partition coefficient (Wildman–Crippen LogP) is 2.12. The molecule has 2 aliphatic rings. The zero-order chi connectivity index (χ0) is 12.8. The number of methoxy groups -OCH3 is 1. The molecular weight excluding hydrogens is 224 g/mol. The minimum Gasteiger partial charge on any atom is -0.384 e. The van der Waals surface area contributed by atoms with E-state index >= 15 is 0 Å². The van der Waals surface area contributed by atoms with Crippen LogP contribution in [0.25, 0.3) is 0 Å². The molecule has 0 aliphatic carbocycles. The summed E-state index contributed by atoms with van der Waals surface area (Å²) in [5, 5.41) is 3.70. The first-order chi connectivity index (χ1) is 8.81. The van der Waals surface area contributed by atoms with Crippen LogP contribution in [0.3, 0.4) is 0 Å². The molecule has 18 heavy (non-hydrogen) atoms. The smallest absolute Gasteiger partial charge is 0.0502 e. The van der Waals surface area contributed by atoms with Crippen LogP contribution in [0.5, 0.6) is 0 Å². The van der Waals surface area contributed by atoms with Crippen molar-refractivity contribution < 1.29 is 4.74 Å². The third-order valence-electron chi connectivity index (χ3n) is 4.66. The fourth-order valence-electron chi connectivity index (χ4n) is 3.61. The van der Waals surface area contributed by atoms with Crippen LogP contribution >= 0.6 is 0 Å². The van der Waals surface area contributed by atoms with Gasteiger partial charge in [-0.05, 0) is 50.6 Å². The van der Waals surface area contributed by atoms with Gasteiger partial charge >= 0.3 is 0 Å². The summed E-state index contributed by atoms with van der Waals surface area (Å²) in [6, 6.07) is 0.727. The molecule has 2 aliphatic heterocycles. The summed E-state index contributed by atoms with van der Waals surface area (Å²) in [5.41, 5.74) is 0. The van der Waals surface area contributed by atoms with Gasteiger partial charge in [-0.3, -0.25) is 0 Å². The number of hydrogen-bond donors (Lipinski definition) is 1. The molecule has 0 bridgehead atoms. The van der Waals surface area contributed by atoms with Gasteiger partial charge in [-0.15, -0.1) is 0 Å². The molecule has 0 aromatic rings. The lowest BCUT2D eigenvalue weighted by atomic mass is 9.89. The molecule has 2 fully saturated rings. The van der Waals surface area contributed by atoms with E-state index in [9.17, 15) is 0 Å². The van der Waals surface area contributed by atoms with Gasteiger partial charge in [0.25, 0.3) is 0 Å². The van der Waals surface area contributed by atoms with E-state index in [1.165, 1.54) is 58.3 Å². The second-order valence-electron chi connectivity index (χ2n) is 6.17. The Balaban J connectivity index is 1.74. The molecular formula is C15H30N2O. The van der Waals surface area contributed by atoms with Gasteiger partial charge in [-0.1, -0.05) is 13.3 Å². The standard InChI is InChI=1S/C15H30N2O/c1-3-13-6-7-16-15(9-13)11-17-8-4-5-14(10-17)12-18-2/h13-16H,3-12H2,1-2H3. The maximum Gasteiger partial charge on any atom is 0.0502 e. The number of likely N-dealkylation sites (tertiary alicyclic amines) is 1. The van der Waals surface area contributed by atoms with Crippen LogP contribution in [0.1, 0.15) is 39.0 Å². The van der Waals surface area contributed by atoms with Crippen molar-refractivity contribution in [1.82, 2.24) is 10.2 Å². The summed E-state index contributed by atoms with van der Waals surface area (Å²) in [6.07, 6.45) is 6.80. The van der Waals surface area contributed by atoms with Crippen LogP contribution in [-0.4, -0.2) is 50.8 Å². The lowest BCUT2D eigenvalue weighted by Gasteiger charge is -2.37. The molecule has 0 spiro atoms. The fraction of sp³-hybridized carbons (Fsp3) is 1.00. The first-order valence-corrected chi connectivity index (χ1v) is 7.76. The molecule has 0 radical (unpaired) electrons. The molecule has 2 rings (SSSR count). The van der Waals surface area contributed by atoms with Crippen molar-refractivity contribution in [2.24, 2.45) is 11.8 Å². The Labute approximate surface area is 112 Å². The van der Waals surface area contributed by atoms with E-state index in [1.54, 1.807) is 0 Å². The Morgan fingerprint density at radius 1 is 1.28 bits per heavy atom. The Hall–Kier alpha value is -0.120. The highest BCUT2D eigenvalue weighted by Crippen LogP contribution is 2.22. The van der Waals surface area contributed by atoms with E-state index in [4.69, 9.17) is 4.74 Å². The molecule has 3 atom stereocenters. The number of piperidine rings is 2. The van der Waals surface area contributed by atoms with E-state index < -0.39 is 0 Å². The summed E-state index contributed by atoms with van der Waals surface area (Å²) in [5.74, 6) is 1.71. The first-order valence-electron chi connectivity index (χ1n) is 7.76. The van der Waals surface area contributed by atoms with Gasteiger partial charge in [0.1, 0.15) is 0 Å². The summed E-state index contributed by atoms with van der Waals surface area (Å²) >= 11 is 0. The third kappa shape index (κ3) is 4.22. The number of hydrogen-bond acceptors (Lipinski definition) is 3. The highest BCUT2D eigenvalue weighted by Gasteiger charge is 2.25. The Kier molecular flexibility index (Phi) is 5.93. The highest BCUT2D eigenvalue weighted by molar-refractivity contribution is 4.82. The van der Waals surface area contributed by atoms with Crippen molar-refractivity contribution in [2.75, 3.05) is 39.9 Å². The average molecular weight is 254 g/mol. The molecule has 3 heteroatoms. The predicted molar refractivity (Wildman–Crippen MR) is 75.8 cm³/mol. The monoisotopic (exact) mass is 254 g/mol. The van der Waals surface area contributed by atoms with E-state index in [0.29, 0.717) is 0 Å².